The molecule has 0 aliphatic carbocycles. The molecule has 0 saturated carbocycles. The molecule has 17 heavy (non-hydrogen) atoms. The van der Waals surface area contributed by atoms with E-state index < -0.39 is 21.5 Å². The molecule has 0 N–H and O–H groups in total. The van der Waals surface area contributed by atoms with Gasteiger partial charge in [0.15, 0.2) is 21.5 Å². The van der Waals surface area contributed by atoms with Gasteiger partial charge < -0.3 is 0 Å². The van der Waals surface area contributed by atoms with Gasteiger partial charge in [-0.2, -0.15) is 0 Å². The summed E-state index contributed by atoms with van der Waals surface area (Å²) in [4.78, 5) is 0. The summed E-state index contributed by atoms with van der Waals surface area (Å²) in [6.45, 7) is 5.45. The molecule has 1 aromatic rings. The van der Waals surface area contributed by atoms with E-state index in [0.29, 0.717) is 0 Å². The van der Waals surface area contributed by atoms with E-state index in [-0.39, 0.29) is 22.5 Å². The molecule has 0 saturated heterocycles. The SMILES string of the molecule is CC(C)(C)CS(=O)(=O)Cc1ccc(F)c(F)c1. The van der Waals surface area contributed by atoms with Gasteiger partial charge >= 0.3 is 0 Å². The van der Waals surface area contributed by atoms with Gasteiger partial charge in [-0.25, -0.2) is 17.2 Å². The van der Waals surface area contributed by atoms with Gasteiger partial charge in [0.2, 0.25) is 0 Å². The molecule has 1 rings (SSSR count). The Morgan fingerprint density at radius 3 is 2.18 bits per heavy atom. The number of sulfone groups is 1. The minimum Gasteiger partial charge on any atom is -0.228 e. The molecule has 0 aromatic heterocycles. The minimum absolute atomic E-state index is 0.0129. The van der Waals surface area contributed by atoms with Gasteiger partial charge in [-0.15, -0.1) is 0 Å². The summed E-state index contributed by atoms with van der Waals surface area (Å²) >= 11 is 0. The second-order valence-corrected chi connectivity index (χ2v) is 7.41. The van der Waals surface area contributed by atoms with E-state index in [0.717, 1.165) is 12.1 Å². The molecule has 0 aliphatic rings. The fourth-order valence-electron chi connectivity index (χ4n) is 1.59. The third-order valence-electron chi connectivity index (χ3n) is 2.02. The molecule has 0 heterocycles. The molecular weight excluding hydrogens is 246 g/mol. The van der Waals surface area contributed by atoms with E-state index in [1.807, 2.05) is 20.8 Å². The number of benzene rings is 1. The van der Waals surface area contributed by atoms with E-state index in [1.54, 1.807) is 0 Å². The van der Waals surface area contributed by atoms with E-state index in [9.17, 15) is 17.2 Å². The second-order valence-electron chi connectivity index (χ2n) is 5.34. The molecule has 0 unspecified atom stereocenters. The van der Waals surface area contributed by atoms with Crippen molar-refractivity contribution >= 4 is 9.84 Å². The van der Waals surface area contributed by atoms with Crippen molar-refractivity contribution in [2.75, 3.05) is 5.75 Å². The van der Waals surface area contributed by atoms with Crippen LogP contribution >= 0.6 is 0 Å². The Morgan fingerprint density at radius 2 is 1.71 bits per heavy atom. The van der Waals surface area contributed by atoms with Crippen LogP contribution in [0.3, 0.4) is 0 Å². The van der Waals surface area contributed by atoms with E-state index >= 15 is 0 Å². The van der Waals surface area contributed by atoms with Crippen LogP contribution in [0.4, 0.5) is 8.78 Å². The van der Waals surface area contributed by atoms with E-state index in [2.05, 4.69) is 0 Å². The zero-order valence-electron chi connectivity index (χ0n) is 10.1. The van der Waals surface area contributed by atoms with Crippen LogP contribution in [0, 0.1) is 17.0 Å². The van der Waals surface area contributed by atoms with Crippen molar-refractivity contribution in [1.82, 2.24) is 0 Å². The Labute approximate surface area is 101 Å². The van der Waals surface area contributed by atoms with E-state index in [1.165, 1.54) is 6.07 Å². The Morgan fingerprint density at radius 1 is 1.12 bits per heavy atom. The maximum Gasteiger partial charge on any atom is 0.159 e. The average Bonchev–Trinajstić information content (AvgIpc) is 2.06. The van der Waals surface area contributed by atoms with Crippen LogP contribution in [0.5, 0.6) is 0 Å². The Kier molecular flexibility index (Phi) is 3.91. The molecule has 0 spiro atoms. The van der Waals surface area contributed by atoms with Crippen molar-refractivity contribution in [2.24, 2.45) is 5.41 Å². The molecular formula is C12H16F2O2S. The van der Waals surface area contributed by atoms with Crippen LogP contribution in [0.1, 0.15) is 26.3 Å². The van der Waals surface area contributed by atoms with Crippen molar-refractivity contribution in [2.45, 2.75) is 26.5 Å². The standard InChI is InChI=1S/C12H16F2O2S/c1-12(2,3)8-17(15,16)7-9-4-5-10(13)11(14)6-9/h4-6H,7-8H2,1-3H3. The zero-order chi connectivity index (χ0) is 13.3. The number of rotatable bonds is 3. The van der Waals surface area contributed by atoms with Gasteiger partial charge in [0, 0.05) is 0 Å². The first-order valence-corrected chi connectivity index (χ1v) is 7.06. The topological polar surface area (TPSA) is 34.1 Å². The summed E-state index contributed by atoms with van der Waals surface area (Å²) in [5.74, 6) is -2.24. The highest BCUT2D eigenvalue weighted by molar-refractivity contribution is 7.90. The highest BCUT2D eigenvalue weighted by Gasteiger charge is 2.22. The molecule has 0 bridgehead atoms. The van der Waals surface area contributed by atoms with Crippen molar-refractivity contribution in [3.63, 3.8) is 0 Å². The van der Waals surface area contributed by atoms with Gasteiger partial charge in [-0.1, -0.05) is 26.8 Å². The fourth-order valence-corrected chi connectivity index (χ4v) is 3.70. The zero-order valence-corrected chi connectivity index (χ0v) is 10.9. The molecule has 0 radical (unpaired) electrons. The maximum atomic E-state index is 12.9. The lowest BCUT2D eigenvalue weighted by molar-refractivity contribution is 0.461. The molecule has 1 aromatic carbocycles. The Hall–Kier alpha value is -0.970. The predicted octanol–water partition coefficient (Wildman–Crippen LogP) is 2.93. The molecule has 0 atom stereocenters. The van der Waals surface area contributed by atoms with Gasteiger partial charge in [-0.3, -0.25) is 0 Å². The maximum absolute atomic E-state index is 12.9. The lowest BCUT2D eigenvalue weighted by atomic mass is 10.0. The molecule has 0 fully saturated rings. The summed E-state index contributed by atoms with van der Waals surface area (Å²) in [6.07, 6.45) is 0. The fraction of sp³-hybridized carbons (Fsp3) is 0.500. The first kappa shape index (κ1) is 14.1. The average molecular weight is 262 g/mol. The monoisotopic (exact) mass is 262 g/mol. The summed E-state index contributed by atoms with van der Waals surface area (Å²) in [5, 5.41) is 0. The Bertz CT molecular complexity index is 502. The van der Waals surface area contributed by atoms with Crippen LogP contribution in [0.25, 0.3) is 0 Å². The van der Waals surface area contributed by atoms with Gasteiger partial charge in [0.05, 0.1) is 11.5 Å². The lowest BCUT2D eigenvalue weighted by Crippen LogP contribution is -2.22. The summed E-state index contributed by atoms with van der Waals surface area (Å²) < 4.78 is 49.2. The molecule has 0 aliphatic heterocycles. The van der Waals surface area contributed by atoms with E-state index in [4.69, 9.17) is 0 Å². The normalized spacial score (nSPS) is 12.8. The lowest BCUT2D eigenvalue weighted by Gasteiger charge is -2.17. The summed E-state index contributed by atoms with van der Waals surface area (Å²) in [7, 11) is -3.31. The third-order valence-corrected chi connectivity index (χ3v) is 4.10. The summed E-state index contributed by atoms with van der Waals surface area (Å²) in [6, 6.07) is 3.16. The van der Waals surface area contributed by atoms with Crippen LogP contribution in [-0.4, -0.2) is 14.2 Å². The van der Waals surface area contributed by atoms with Crippen LogP contribution in [0.15, 0.2) is 18.2 Å². The predicted molar refractivity (Wildman–Crippen MR) is 63.3 cm³/mol. The molecule has 5 heteroatoms. The van der Waals surface area contributed by atoms with Crippen LogP contribution in [0.2, 0.25) is 0 Å². The largest absolute Gasteiger partial charge is 0.228 e. The number of halogens is 2. The van der Waals surface area contributed by atoms with Gasteiger partial charge in [-0.05, 0) is 23.1 Å². The van der Waals surface area contributed by atoms with Gasteiger partial charge in [0.1, 0.15) is 0 Å². The molecule has 96 valence electrons. The van der Waals surface area contributed by atoms with Crippen LogP contribution in [-0.2, 0) is 15.6 Å². The summed E-state index contributed by atoms with van der Waals surface area (Å²) in [5.41, 5.74) is -0.0784. The first-order chi connectivity index (χ1) is 7.59. The van der Waals surface area contributed by atoms with Gasteiger partial charge in [0.25, 0.3) is 0 Å². The van der Waals surface area contributed by atoms with Crippen molar-refractivity contribution in [1.29, 1.82) is 0 Å². The molecule has 2 nitrogen and oxygen atoms in total. The number of hydrogen-bond donors (Lipinski definition) is 0. The van der Waals surface area contributed by atoms with Crippen LogP contribution < -0.4 is 0 Å². The van der Waals surface area contributed by atoms with Crippen molar-refractivity contribution in [3.8, 4) is 0 Å². The molecule has 0 amide bonds. The first-order valence-electron chi connectivity index (χ1n) is 5.23. The number of hydrogen-bond acceptors (Lipinski definition) is 2. The highest BCUT2D eigenvalue weighted by Crippen LogP contribution is 2.19. The Balaban J connectivity index is 2.87. The highest BCUT2D eigenvalue weighted by atomic mass is 32.2. The minimum atomic E-state index is -3.31. The van der Waals surface area contributed by atoms with Crippen molar-refractivity contribution in [3.05, 3.63) is 35.4 Å². The van der Waals surface area contributed by atoms with Crippen molar-refractivity contribution < 1.29 is 17.2 Å². The smallest absolute Gasteiger partial charge is 0.159 e. The quantitative estimate of drug-likeness (QED) is 0.839. The second kappa shape index (κ2) is 4.72. The third kappa shape index (κ3) is 4.81.